The molecule has 102 valence electrons. The largest absolute Gasteiger partial charge is 0.342 e. The smallest absolute Gasteiger partial charge is 0.226 e. The third-order valence-electron chi connectivity index (χ3n) is 4.21. The molecule has 1 aliphatic carbocycles. The number of aromatic nitrogens is 3. The molecule has 1 amide bonds. The Hall–Kier alpha value is -1.65. The second-order valence-corrected chi connectivity index (χ2v) is 5.42. The van der Waals surface area contributed by atoms with Crippen LogP contribution in [0.3, 0.4) is 0 Å². The molecule has 0 spiro atoms. The first-order valence-corrected chi connectivity index (χ1v) is 7.14. The van der Waals surface area contributed by atoms with E-state index in [1.165, 1.54) is 0 Å². The lowest BCUT2D eigenvalue weighted by atomic mass is 9.92. The van der Waals surface area contributed by atoms with Crippen LogP contribution < -0.4 is 0 Å². The average molecular weight is 260 g/mol. The van der Waals surface area contributed by atoms with Crippen molar-refractivity contribution < 1.29 is 4.79 Å². The summed E-state index contributed by atoms with van der Waals surface area (Å²) in [5.41, 5.74) is 0. The summed E-state index contributed by atoms with van der Waals surface area (Å²) < 4.78 is 1.92. The number of rotatable bonds is 2. The van der Waals surface area contributed by atoms with Crippen molar-refractivity contribution in [3.05, 3.63) is 24.5 Å². The molecule has 0 radical (unpaired) electrons. The van der Waals surface area contributed by atoms with E-state index in [1.54, 1.807) is 6.20 Å². The van der Waals surface area contributed by atoms with E-state index >= 15 is 0 Å². The van der Waals surface area contributed by atoms with E-state index in [1.807, 2.05) is 15.8 Å². The molecule has 0 saturated carbocycles. The van der Waals surface area contributed by atoms with Gasteiger partial charge in [0.1, 0.15) is 0 Å². The highest BCUT2D eigenvalue weighted by Gasteiger charge is 2.28. The minimum Gasteiger partial charge on any atom is -0.342 e. The van der Waals surface area contributed by atoms with Crippen molar-refractivity contribution >= 4 is 5.91 Å². The summed E-state index contributed by atoms with van der Waals surface area (Å²) in [4.78, 5) is 14.4. The summed E-state index contributed by atoms with van der Waals surface area (Å²) in [5.74, 6) is 0.564. The van der Waals surface area contributed by atoms with Crippen LogP contribution >= 0.6 is 0 Å². The van der Waals surface area contributed by atoms with Gasteiger partial charge in [-0.05, 0) is 32.1 Å². The minimum absolute atomic E-state index is 0.216. The molecule has 1 aromatic heterocycles. The number of carbonyl (C=O) groups excluding carboxylic acids is 1. The van der Waals surface area contributed by atoms with Gasteiger partial charge in [0.2, 0.25) is 5.91 Å². The van der Waals surface area contributed by atoms with Crippen molar-refractivity contribution in [2.24, 2.45) is 5.92 Å². The number of amides is 1. The number of allylic oxidation sites excluding steroid dienone is 2. The number of likely N-dealkylation sites (tertiary alicyclic amines) is 1. The van der Waals surface area contributed by atoms with Crippen molar-refractivity contribution in [2.75, 3.05) is 13.1 Å². The van der Waals surface area contributed by atoms with Gasteiger partial charge in [-0.1, -0.05) is 17.4 Å². The highest BCUT2D eigenvalue weighted by Crippen LogP contribution is 2.25. The van der Waals surface area contributed by atoms with E-state index in [9.17, 15) is 4.79 Å². The zero-order chi connectivity index (χ0) is 13.1. The third kappa shape index (κ3) is 2.69. The second-order valence-electron chi connectivity index (χ2n) is 5.42. The molecule has 5 heteroatoms. The van der Waals surface area contributed by atoms with Crippen molar-refractivity contribution in [3.8, 4) is 0 Å². The fraction of sp³-hybridized carbons (Fsp3) is 0.643. The Balaban J connectivity index is 1.55. The zero-order valence-corrected chi connectivity index (χ0v) is 11.1. The maximum atomic E-state index is 12.4. The highest BCUT2D eigenvalue weighted by atomic mass is 16.2. The Morgan fingerprint density at radius 1 is 1.16 bits per heavy atom. The number of hydrogen-bond donors (Lipinski definition) is 0. The molecule has 1 saturated heterocycles. The van der Waals surface area contributed by atoms with Gasteiger partial charge < -0.3 is 4.90 Å². The molecule has 0 unspecified atom stereocenters. The molecule has 0 bridgehead atoms. The van der Waals surface area contributed by atoms with Crippen LogP contribution in [0, 0.1) is 5.92 Å². The van der Waals surface area contributed by atoms with Crippen LogP contribution in [-0.2, 0) is 4.79 Å². The third-order valence-corrected chi connectivity index (χ3v) is 4.21. The lowest BCUT2D eigenvalue weighted by molar-refractivity contribution is -0.137. The van der Waals surface area contributed by atoms with Gasteiger partial charge >= 0.3 is 0 Å². The Kier molecular flexibility index (Phi) is 3.62. The molecule has 2 aliphatic rings. The molecule has 3 rings (SSSR count). The van der Waals surface area contributed by atoms with E-state index in [0.29, 0.717) is 11.9 Å². The summed E-state index contributed by atoms with van der Waals surface area (Å²) in [5, 5.41) is 7.90. The fourth-order valence-corrected chi connectivity index (χ4v) is 3.04. The SMILES string of the molecule is O=C([C@H]1CC=CCC1)N1CCC(n2ccnn2)CC1. The van der Waals surface area contributed by atoms with Gasteiger partial charge in [-0.25, -0.2) is 4.68 Å². The Labute approximate surface area is 113 Å². The van der Waals surface area contributed by atoms with Crippen molar-refractivity contribution in [2.45, 2.75) is 38.1 Å². The molecule has 0 N–H and O–H groups in total. The number of nitrogens with zero attached hydrogens (tertiary/aromatic N) is 4. The maximum Gasteiger partial charge on any atom is 0.226 e. The van der Waals surface area contributed by atoms with E-state index < -0.39 is 0 Å². The number of piperidine rings is 1. The summed E-state index contributed by atoms with van der Waals surface area (Å²) in [7, 11) is 0. The molecule has 1 fully saturated rings. The van der Waals surface area contributed by atoms with Gasteiger partial charge in [0.15, 0.2) is 0 Å². The van der Waals surface area contributed by atoms with Crippen LogP contribution in [0.1, 0.15) is 38.1 Å². The van der Waals surface area contributed by atoms with E-state index in [2.05, 4.69) is 22.5 Å². The summed E-state index contributed by atoms with van der Waals surface area (Å²) >= 11 is 0. The monoisotopic (exact) mass is 260 g/mol. The second kappa shape index (κ2) is 5.55. The molecule has 1 atom stereocenters. The van der Waals surface area contributed by atoms with E-state index in [0.717, 1.165) is 45.2 Å². The van der Waals surface area contributed by atoms with Gasteiger partial charge in [0, 0.05) is 25.2 Å². The summed E-state index contributed by atoms with van der Waals surface area (Å²) in [6.07, 6.45) is 12.9. The first kappa shape index (κ1) is 12.4. The first-order chi connectivity index (χ1) is 9.34. The van der Waals surface area contributed by atoms with Crippen LogP contribution in [0.5, 0.6) is 0 Å². The summed E-state index contributed by atoms with van der Waals surface area (Å²) in [6.45, 7) is 1.70. The highest BCUT2D eigenvalue weighted by molar-refractivity contribution is 5.79. The van der Waals surface area contributed by atoms with Crippen LogP contribution in [0.15, 0.2) is 24.5 Å². The lowest BCUT2D eigenvalue weighted by Gasteiger charge is -2.34. The van der Waals surface area contributed by atoms with Crippen LogP contribution in [0.25, 0.3) is 0 Å². The van der Waals surface area contributed by atoms with Crippen LogP contribution in [-0.4, -0.2) is 38.9 Å². The molecule has 5 nitrogen and oxygen atoms in total. The predicted octanol–water partition coefficient (Wildman–Crippen LogP) is 1.80. The lowest BCUT2D eigenvalue weighted by Crippen LogP contribution is -2.42. The molecule has 1 aromatic rings. The molecular formula is C14H20N4O. The topological polar surface area (TPSA) is 51.0 Å². The Morgan fingerprint density at radius 3 is 2.63 bits per heavy atom. The molecule has 2 heterocycles. The van der Waals surface area contributed by atoms with Gasteiger partial charge in [0.25, 0.3) is 0 Å². The molecule has 0 aromatic carbocycles. The predicted molar refractivity (Wildman–Crippen MR) is 71.4 cm³/mol. The van der Waals surface area contributed by atoms with Gasteiger partial charge in [-0.15, -0.1) is 5.10 Å². The minimum atomic E-state index is 0.216. The Morgan fingerprint density at radius 2 is 2.00 bits per heavy atom. The van der Waals surface area contributed by atoms with Crippen molar-refractivity contribution in [3.63, 3.8) is 0 Å². The van der Waals surface area contributed by atoms with E-state index in [4.69, 9.17) is 0 Å². The fourth-order valence-electron chi connectivity index (χ4n) is 3.04. The Bertz CT molecular complexity index is 446. The average Bonchev–Trinajstić information content (AvgIpc) is 3.02. The maximum absolute atomic E-state index is 12.4. The number of hydrogen-bond acceptors (Lipinski definition) is 3. The van der Waals surface area contributed by atoms with Crippen LogP contribution in [0.2, 0.25) is 0 Å². The summed E-state index contributed by atoms with van der Waals surface area (Å²) in [6, 6.07) is 0.401. The van der Waals surface area contributed by atoms with Gasteiger partial charge in [0.05, 0.1) is 12.2 Å². The molecular weight excluding hydrogens is 240 g/mol. The van der Waals surface area contributed by atoms with Crippen LogP contribution in [0.4, 0.5) is 0 Å². The quantitative estimate of drug-likeness (QED) is 0.762. The van der Waals surface area contributed by atoms with Gasteiger partial charge in [-0.3, -0.25) is 4.79 Å². The number of carbonyl (C=O) groups is 1. The standard InChI is InChI=1S/C14H20N4O/c19-14(12-4-2-1-3-5-12)17-9-6-13(7-10-17)18-11-8-15-16-18/h1-2,8,11-13H,3-7,9-10H2/t12-/m0/s1. The molecule has 1 aliphatic heterocycles. The normalized spacial score (nSPS) is 24.6. The molecule has 19 heavy (non-hydrogen) atoms. The van der Waals surface area contributed by atoms with Crippen molar-refractivity contribution in [1.82, 2.24) is 19.9 Å². The first-order valence-electron chi connectivity index (χ1n) is 7.14. The zero-order valence-electron chi connectivity index (χ0n) is 11.1. The van der Waals surface area contributed by atoms with Crippen molar-refractivity contribution in [1.29, 1.82) is 0 Å². The van der Waals surface area contributed by atoms with E-state index in [-0.39, 0.29) is 5.92 Å². The van der Waals surface area contributed by atoms with Gasteiger partial charge in [-0.2, -0.15) is 0 Å².